The van der Waals surface area contributed by atoms with Gasteiger partial charge in [0.1, 0.15) is 0 Å². The summed E-state index contributed by atoms with van der Waals surface area (Å²) >= 11 is 0. The first-order chi connectivity index (χ1) is 8.08. The second-order valence-corrected chi connectivity index (χ2v) is 5.09. The monoisotopic (exact) mass is 249 g/mol. The van der Waals surface area contributed by atoms with Crippen molar-refractivity contribution in [2.24, 2.45) is 0 Å². The standard InChI is InChI=1S/C11H11N3O2S/c12-9-1-3-11(4-2-9)17(15,16)14-10-5-7-13-8-6-10/h1-8H,12H2,(H,13,14). The van der Waals surface area contributed by atoms with Gasteiger partial charge in [-0.1, -0.05) is 0 Å². The molecule has 17 heavy (non-hydrogen) atoms. The maximum atomic E-state index is 11.9. The van der Waals surface area contributed by atoms with Gasteiger partial charge in [0.15, 0.2) is 0 Å². The Kier molecular flexibility index (Phi) is 2.97. The zero-order valence-electron chi connectivity index (χ0n) is 8.87. The van der Waals surface area contributed by atoms with Crippen molar-refractivity contribution in [1.82, 2.24) is 4.98 Å². The molecule has 2 aromatic rings. The molecule has 1 heterocycles. The predicted molar refractivity (Wildman–Crippen MR) is 65.9 cm³/mol. The second-order valence-electron chi connectivity index (χ2n) is 3.41. The van der Waals surface area contributed by atoms with Crippen LogP contribution in [-0.4, -0.2) is 13.4 Å². The summed E-state index contributed by atoms with van der Waals surface area (Å²) in [5, 5.41) is 0. The first-order valence-electron chi connectivity index (χ1n) is 4.86. The molecule has 0 aliphatic rings. The van der Waals surface area contributed by atoms with Gasteiger partial charge in [-0.2, -0.15) is 0 Å². The van der Waals surface area contributed by atoms with E-state index in [0.717, 1.165) is 0 Å². The lowest BCUT2D eigenvalue weighted by molar-refractivity contribution is 0.601. The Bertz CT molecular complexity index is 594. The first-order valence-corrected chi connectivity index (χ1v) is 6.35. The van der Waals surface area contributed by atoms with E-state index in [9.17, 15) is 8.42 Å². The highest BCUT2D eigenvalue weighted by Gasteiger charge is 2.13. The van der Waals surface area contributed by atoms with Gasteiger partial charge < -0.3 is 5.73 Å². The lowest BCUT2D eigenvalue weighted by atomic mass is 10.3. The minimum absolute atomic E-state index is 0.170. The fraction of sp³-hybridized carbons (Fsp3) is 0. The summed E-state index contributed by atoms with van der Waals surface area (Å²) < 4.78 is 26.3. The number of sulfonamides is 1. The molecule has 88 valence electrons. The third-order valence-electron chi connectivity index (χ3n) is 2.12. The maximum absolute atomic E-state index is 11.9. The van der Waals surface area contributed by atoms with Gasteiger partial charge in [-0.3, -0.25) is 9.71 Å². The number of anilines is 2. The number of pyridine rings is 1. The third-order valence-corrected chi connectivity index (χ3v) is 3.52. The van der Waals surface area contributed by atoms with Gasteiger partial charge in [0.05, 0.1) is 10.6 Å². The smallest absolute Gasteiger partial charge is 0.261 e. The van der Waals surface area contributed by atoms with Crippen LogP contribution < -0.4 is 10.5 Å². The van der Waals surface area contributed by atoms with Gasteiger partial charge in [0.25, 0.3) is 10.0 Å². The van der Waals surface area contributed by atoms with E-state index in [4.69, 9.17) is 5.73 Å². The molecule has 3 N–H and O–H groups in total. The molecule has 0 amide bonds. The lowest BCUT2D eigenvalue weighted by Gasteiger charge is -2.07. The summed E-state index contributed by atoms with van der Waals surface area (Å²) in [6, 6.07) is 9.16. The summed E-state index contributed by atoms with van der Waals surface area (Å²) in [6.07, 6.45) is 3.03. The van der Waals surface area contributed by atoms with E-state index in [2.05, 4.69) is 9.71 Å². The van der Waals surface area contributed by atoms with Crippen molar-refractivity contribution in [2.75, 3.05) is 10.5 Å². The molecule has 5 nitrogen and oxygen atoms in total. The molecule has 2 rings (SSSR count). The molecule has 0 atom stereocenters. The number of hydrogen-bond acceptors (Lipinski definition) is 4. The van der Waals surface area contributed by atoms with Crippen LogP contribution in [0.2, 0.25) is 0 Å². The van der Waals surface area contributed by atoms with Crippen LogP contribution in [0, 0.1) is 0 Å². The van der Waals surface area contributed by atoms with Crippen LogP contribution in [0.1, 0.15) is 0 Å². The number of nitrogens with two attached hydrogens (primary N) is 1. The minimum Gasteiger partial charge on any atom is -0.399 e. The van der Waals surface area contributed by atoms with Gasteiger partial charge >= 0.3 is 0 Å². The van der Waals surface area contributed by atoms with Crippen LogP contribution >= 0.6 is 0 Å². The Morgan fingerprint density at radius 2 is 1.59 bits per heavy atom. The number of nitrogens with zero attached hydrogens (tertiary/aromatic N) is 1. The number of hydrogen-bond donors (Lipinski definition) is 2. The van der Waals surface area contributed by atoms with E-state index in [-0.39, 0.29) is 4.90 Å². The van der Waals surface area contributed by atoms with Crippen molar-refractivity contribution in [3.63, 3.8) is 0 Å². The third kappa shape index (κ3) is 2.73. The molecule has 0 aliphatic heterocycles. The van der Waals surface area contributed by atoms with E-state index in [0.29, 0.717) is 11.4 Å². The zero-order chi connectivity index (χ0) is 12.3. The highest BCUT2D eigenvalue weighted by molar-refractivity contribution is 7.92. The highest BCUT2D eigenvalue weighted by Crippen LogP contribution is 2.16. The molecule has 1 aromatic heterocycles. The van der Waals surface area contributed by atoms with Crippen LogP contribution in [0.3, 0.4) is 0 Å². The van der Waals surface area contributed by atoms with Crippen LogP contribution in [0.4, 0.5) is 11.4 Å². The average Bonchev–Trinajstić information content (AvgIpc) is 2.30. The van der Waals surface area contributed by atoms with Gasteiger partial charge in [-0.25, -0.2) is 8.42 Å². The molecule has 0 unspecified atom stereocenters. The van der Waals surface area contributed by atoms with Crippen molar-refractivity contribution in [2.45, 2.75) is 4.90 Å². The van der Waals surface area contributed by atoms with Gasteiger partial charge in [0, 0.05) is 18.1 Å². The van der Waals surface area contributed by atoms with Gasteiger partial charge in [-0.05, 0) is 36.4 Å². The largest absolute Gasteiger partial charge is 0.399 e. The fourth-order valence-electron chi connectivity index (χ4n) is 1.28. The summed E-state index contributed by atoms with van der Waals surface area (Å²) in [6.45, 7) is 0. The molecular formula is C11H11N3O2S. The van der Waals surface area contributed by atoms with Gasteiger partial charge in [0.2, 0.25) is 0 Å². The molecular weight excluding hydrogens is 238 g/mol. The second kappa shape index (κ2) is 4.42. The number of benzene rings is 1. The van der Waals surface area contributed by atoms with E-state index < -0.39 is 10.0 Å². The fourth-order valence-corrected chi connectivity index (χ4v) is 2.34. The Balaban J connectivity index is 2.29. The van der Waals surface area contributed by atoms with Crippen molar-refractivity contribution in [3.8, 4) is 0 Å². The van der Waals surface area contributed by atoms with Crippen LogP contribution in [-0.2, 0) is 10.0 Å². The molecule has 6 heteroatoms. The van der Waals surface area contributed by atoms with Crippen molar-refractivity contribution >= 4 is 21.4 Å². The molecule has 0 fully saturated rings. The van der Waals surface area contributed by atoms with Crippen molar-refractivity contribution in [1.29, 1.82) is 0 Å². The van der Waals surface area contributed by atoms with Crippen molar-refractivity contribution < 1.29 is 8.42 Å². The number of nitrogen functional groups attached to an aromatic ring is 1. The number of aromatic nitrogens is 1. The Morgan fingerprint density at radius 3 is 2.18 bits per heavy atom. The topological polar surface area (TPSA) is 85.1 Å². The summed E-state index contributed by atoms with van der Waals surface area (Å²) in [5.74, 6) is 0. The van der Waals surface area contributed by atoms with E-state index in [1.807, 2.05) is 0 Å². The summed E-state index contributed by atoms with van der Waals surface area (Å²) in [4.78, 5) is 3.98. The minimum atomic E-state index is -3.56. The molecule has 0 aliphatic carbocycles. The number of rotatable bonds is 3. The Morgan fingerprint density at radius 1 is 1.00 bits per heavy atom. The van der Waals surface area contributed by atoms with E-state index in [1.165, 1.54) is 24.5 Å². The summed E-state index contributed by atoms with van der Waals surface area (Å²) in [7, 11) is -3.56. The van der Waals surface area contributed by atoms with E-state index in [1.54, 1.807) is 24.3 Å². The Hall–Kier alpha value is -2.08. The van der Waals surface area contributed by atoms with Crippen LogP contribution in [0.5, 0.6) is 0 Å². The quantitative estimate of drug-likeness (QED) is 0.806. The molecule has 1 aromatic carbocycles. The first kappa shape index (κ1) is 11.4. The molecule has 0 saturated carbocycles. The van der Waals surface area contributed by atoms with Crippen LogP contribution in [0.15, 0.2) is 53.7 Å². The van der Waals surface area contributed by atoms with Gasteiger partial charge in [-0.15, -0.1) is 0 Å². The molecule has 0 saturated heterocycles. The lowest BCUT2D eigenvalue weighted by Crippen LogP contribution is -2.12. The predicted octanol–water partition coefficient (Wildman–Crippen LogP) is 1.46. The maximum Gasteiger partial charge on any atom is 0.261 e. The Labute approximate surface area is 99.4 Å². The van der Waals surface area contributed by atoms with Crippen molar-refractivity contribution in [3.05, 3.63) is 48.8 Å². The SMILES string of the molecule is Nc1ccc(S(=O)(=O)Nc2ccncc2)cc1. The zero-order valence-corrected chi connectivity index (χ0v) is 9.68. The van der Waals surface area contributed by atoms with Crippen LogP contribution in [0.25, 0.3) is 0 Å². The molecule has 0 spiro atoms. The normalized spacial score (nSPS) is 11.1. The molecule has 0 bridgehead atoms. The molecule has 0 radical (unpaired) electrons. The number of nitrogens with one attached hydrogen (secondary N) is 1. The highest BCUT2D eigenvalue weighted by atomic mass is 32.2. The average molecular weight is 249 g/mol. The van der Waals surface area contributed by atoms with E-state index >= 15 is 0 Å². The summed E-state index contributed by atoms with van der Waals surface area (Å²) in [5.41, 5.74) is 6.49.